The van der Waals surface area contributed by atoms with Gasteiger partial charge in [0, 0.05) is 6.42 Å². The molecule has 0 spiro atoms. The normalized spacial score (nSPS) is 18.0. The molecule has 0 aromatic heterocycles. The lowest BCUT2D eigenvalue weighted by Gasteiger charge is -2.35. The van der Waals surface area contributed by atoms with Crippen molar-refractivity contribution in [2.24, 2.45) is 0 Å². The maximum absolute atomic E-state index is 13.0. The van der Waals surface area contributed by atoms with Gasteiger partial charge in [0.2, 0.25) is 0 Å². The molecule has 0 aromatic rings. The van der Waals surface area contributed by atoms with E-state index >= 15 is 0 Å². The molecule has 1 heterocycles. The Morgan fingerprint density at radius 3 is 1.92 bits per heavy atom. The lowest BCUT2D eigenvalue weighted by Crippen LogP contribution is -2.63. The summed E-state index contributed by atoms with van der Waals surface area (Å²) in [5.41, 5.74) is -5.32. The van der Waals surface area contributed by atoms with E-state index in [2.05, 4.69) is 4.74 Å². The third-order valence-corrected chi connectivity index (χ3v) is 4.66. The van der Waals surface area contributed by atoms with Crippen molar-refractivity contribution < 1.29 is 48.8 Å². The monoisotopic (exact) mass is 415 g/mol. The molecule has 6 nitrogen and oxygen atoms in total. The van der Waals surface area contributed by atoms with Crippen LogP contribution in [-0.4, -0.2) is 67.2 Å². The van der Waals surface area contributed by atoms with Crippen molar-refractivity contribution in [2.75, 3.05) is 25.4 Å². The van der Waals surface area contributed by atoms with Gasteiger partial charge < -0.3 is 9.64 Å². The molecule has 0 unspecified atom stereocenters. The zero-order valence-corrected chi connectivity index (χ0v) is 14.4. The van der Waals surface area contributed by atoms with Crippen LogP contribution in [0.1, 0.15) is 32.1 Å². The first kappa shape index (κ1) is 23.0. The number of piperidine rings is 1. The van der Waals surface area contributed by atoms with Crippen molar-refractivity contribution in [1.29, 1.82) is 0 Å². The van der Waals surface area contributed by atoms with Crippen molar-refractivity contribution in [3.63, 3.8) is 0 Å². The standard InChI is InChI=1S/C13H19F6NO5S/c14-12(15,16)11(13(17,18)19,9-26(22,23)24)25-10(21)5-4-8-20-6-2-1-3-7-20/h1-9H2,(H,22,23,24). The van der Waals surface area contributed by atoms with E-state index < -0.39 is 46.2 Å². The Hall–Kier alpha value is -1.08. The Balaban J connectivity index is 2.85. The predicted molar refractivity (Wildman–Crippen MR) is 76.9 cm³/mol. The third kappa shape index (κ3) is 6.27. The lowest BCUT2D eigenvalue weighted by molar-refractivity contribution is -0.361. The minimum Gasteiger partial charge on any atom is -0.438 e. The zero-order chi connectivity index (χ0) is 20.2. The van der Waals surface area contributed by atoms with Crippen molar-refractivity contribution in [3.8, 4) is 0 Å². The van der Waals surface area contributed by atoms with Crippen LogP contribution in [0.3, 0.4) is 0 Å². The van der Waals surface area contributed by atoms with Crippen LogP contribution in [0, 0.1) is 0 Å². The molecule has 1 rings (SSSR count). The maximum atomic E-state index is 13.0. The fourth-order valence-corrected chi connectivity index (χ4v) is 3.50. The fourth-order valence-electron chi connectivity index (χ4n) is 2.60. The Labute approximate surface area is 146 Å². The Kier molecular flexibility index (Phi) is 7.33. The van der Waals surface area contributed by atoms with Crippen LogP contribution in [0.2, 0.25) is 0 Å². The van der Waals surface area contributed by atoms with E-state index in [0.717, 1.165) is 19.3 Å². The molecule has 26 heavy (non-hydrogen) atoms. The van der Waals surface area contributed by atoms with Gasteiger partial charge in [-0.2, -0.15) is 34.8 Å². The van der Waals surface area contributed by atoms with Crippen molar-refractivity contribution in [2.45, 2.75) is 50.1 Å². The van der Waals surface area contributed by atoms with Crippen LogP contribution < -0.4 is 0 Å². The molecule has 1 aliphatic heterocycles. The summed E-state index contributed by atoms with van der Waals surface area (Å²) in [6, 6.07) is 0. The van der Waals surface area contributed by atoms with E-state index in [0.29, 0.717) is 19.6 Å². The first-order valence-corrected chi connectivity index (χ1v) is 9.32. The van der Waals surface area contributed by atoms with E-state index in [-0.39, 0.29) is 6.42 Å². The molecular weight excluding hydrogens is 396 g/mol. The number of carbonyl (C=O) groups excluding carboxylic acids is 1. The molecule has 0 aromatic carbocycles. The summed E-state index contributed by atoms with van der Waals surface area (Å²) in [6.45, 7) is 1.72. The quantitative estimate of drug-likeness (QED) is 0.391. The molecule has 0 saturated carbocycles. The van der Waals surface area contributed by atoms with Gasteiger partial charge in [0.25, 0.3) is 10.1 Å². The Morgan fingerprint density at radius 1 is 1.00 bits per heavy atom. The summed E-state index contributed by atoms with van der Waals surface area (Å²) in [5, 5.41) is 0. The van der Waals surface area contributed by atoms with Crippen molar-refractivity contribution >= 4 is 16.1 Å². The maximum Gasteiger partial charge on any atom is 0.438 e. The van der Waals surface area contributed by atoms with Gasteiger partial charge in [-0.25, -0.2) is 0 Å². The molecular formula is C13H19F6NO5S. The molecule has 0 atom stereocenters. The van der Waals surface area contributed by atoms with Crippen molar-refractivity contribution in [3.05, 3.63) is 0 Å². The smallest absolute Gasteiger partial charge is 0.438 e. The average Bonchev–Trinajstić information content (AvgIpc) is 2.44. The highest BCUT2D eigenvalue weighted by molar-refractivity contribution is 7.85. The second kappa shape index (κ2) is 8.30. The van der Waals surface area contributed by atoms with Crippen LogP contribution in [0.5, 0.6) is 0 Å². The van der Waals surface area contributed by atoms with Gasteiger partial charge >= 0.3 is 23.9 Å². The number of hydrogen-bond acceptors (Lipinski definition) is 5. The van der Waals surface area contributed by atoms with Crippen molar-refractivity contribution in [1.82, 2.24) is 4.90 Å². The summed E-state index contributed by atoms with van der Waals surface area (Å²) < 4.78 is 111. The highest BCUT2D eigenvalue weighted by Gasteiger charge is 2.75. The number of hydrogen-bond donors (Lipinski definition) is 1. The van der Waals surface area contributed by atoms with Crippen LogP contribution >= 0.6 is 0 Å². The molecule has 0 bridgehead atoms. The van der Waals surface area contributed by atoms with E-state index in [1.165, 1.54) is 0 Å². The SMILES string of the molecule is O=C(CCCN1CCCCC1)OC(CS(=O)(=O)O)(C(F)(F)F)C(F)(F)F. The highest BCUT2D eigenvalue weighted by atomic mass is 32.2. The third-order valence-electron chi connectivity index (χ3n) is 3.89. The summed E-state index contributed by atoms with van der Waals surface area (Å²) in [4.78, 5) is 13.5. The van der Waals surface area contributed by atoms with Gasteiger partial charge in [-0.05, 0) is 38.9 Å². The molecule has 13 heteroatoms. The number of esters is 1. The number of halogens is 6. The van der Waals surface area contributed by atoms with Gasteiger partial charge in [-0.3, -0.25) is 9.35 Å². The average molecular weight is 415 g/mol. The van der Waals surface area contributed by atoms with Gasteiger partial charge in [-0.15, -0.1) is 0 Å². The largest absolute Gasteiger partial charge is 0.438 e. The Bertz CT molecular complexity index is 569. The van der Waals surface area contributed by atoms with Gasteiger partial charge in [-0.1, -0.05) is 6.42 Å². The number of carbonyl (C=O) groups is 1. The fraction of sp³-hybridized carbons (Fsp3) is 0.923. The molecule has 1 fully saturated rings. The van der Waals surface area contributed by atoms with Crippen LogP contribution in [0.15, 0.2) is 0 Å². The van der Waals surface area contributed by atoms with E-state index in [1.54, 1.807) is 0 Å². The summed E-state index contributed by atoms with van der Waals surface area (Å²) in [5.74, 6) is -4.70. The first-order chi connectivity index (χ1) is 11.7. The second-order valence-electron chi connectivity index (χ2n) is 6.03. The predicted octanol–water partition coefficient (Wildman–Crippen LogP) is 2.55. The molecule has 1 saturated heterocycles. The topological polar surface area (TPSA) is 83.9 Å². The minimum absolute atomic E-state index is 0.0451. The molecule has 154 valence electrons. The number of likely N-dealkylation sites (tertiary alicyclic amines) is 1. The summed E-state index contributed by atoms with van der Waals surface area (Å²) in [6.07, 6.45) is -10.5. The lowest BCUT2D eigenvalue weighted by atomic mass is 10.1. The van der Waals surface area contributed by atoms with Gasteiger partial charge in [0.1, 0.15) is 5.75 Å². The number of ether oxygens (including phenoxy) is 1. The van der Waals surface area contributed by atoms with Crippen LogP contribution in [-0.2, 0) is 19.6 Å². The van der Waals surface area contributed by atoms with E-state index in [1.807, 2.05) is 4.90 Å². The molecule has 0 radical (unpaired) electrons. The van der Waals surface area contributed by atoms with E-state index in [9.17, 15) is 39.6 Å². The summed E-state index contributed by atoms with van der Waals surface area (Å²) in [7, 11) is -5.76. The number of rotatable bonds is 7. The highest BCUT2D eigenvalue weighted by Crippen LogP contribution is 2.47. The molecule has 0 amide bonds. The zero-order valence-electron chi connectivity index (χ0n) is 13.6. The van der Waals surface area contributed by atoms with Crippen LogP contribution in [0.25, 0.3) is 0 Å². The second-order valence-corrected chi connectivity index (χ2v) is 7.48. The van der Waals surface area contributed by atoms with E-state index in [4.69, 9.17) is 4.55 Å². The Morgan fingerprint density at radius 2 is 1.50 bits per heavy atom. The molecule has 0 aliphatic carbocycles. The number of alkyl halides is 6. The summed E-state index contributed by atoms with van der Waals surface area (Å²) >= 11 is 0. The molecule has 1 aliphatic rings. The first-order valence-electron chi connectivity index (χ1n) is 7.71. The minimum atomic E-state index is -6.29. The molecule has 1 N–H and O–H groups in total. The van der Waals surface area contributed by atoms with Crippen LogP contribution in [0.4, 0.5) is 26.3 Å². The van der Waals surface area contributed by atoms with Gasteiger partial charge in [0.05, 0.1) is 0 Å². The van der Waals surface area contributed by atoms with Gasteiger partial charge in [0.15, 0.2) is 0 Å². The number of nitrogens with zero attached hydrogens (tertiary/aromatic N) is 1.